The lowest BCUT2D eigenvalue weighted by molar-refractivity contribution is 0.386. The van der Waals surface area contributed by atoms with Gasteiger partial charge >= 0.3 is 0 Å². The van der Waals surface area contributed by atoms with Gasteiger partial charge in [0.2, 0.25) is 5.88 Å². The van der Waals surface area contributed by atoms with Crippen LogP contribution in [0.5, 0.6) is 5.88 Å². The number of aromatic hydroxyl groups is 1. The van der Waals surface area contributed by atoms with E-state index in [0.29, 0.717) is 16.3 Å². The highest BCUT2D eigenvalue weighted by molar-refractivity contribution is 6.31. The molecule has 24 heavy (non-hydrogen) atoms. The quantitative estimate of drug-likeness (QED) is 0.818. The van der Waals surface area contributed by atoms with Gasteiger partial charge in [-0.3, -0.25) is 9.36 Å². The second-order valence-corrected chi connectivity index (χ2v) is 6.09. The van der Waals surface area contributed by atoms with E-state index in [4.69, 9.17) is 11.6 Å². The summed E-state index contributed by atoms with van der Waals surface area (Å²) in [4.78, 5) is 12.6. The van der Waals surface area contributed by atoms with E-state index in [9.17, 15) is 15.2 Å². The average molecular weight is 345 g/mol. The van der Waals surface area contributed by atoms with Gasteiger partial charge in [0.25, 0.3) is 5.56 Å². The lowest BCUT2D eigenvalue weighted by atomic mass is 10.1. The molecular weight excluding hydrogens is 328 g/mol. The second kappa shape index (κ2) is 6.85. The third-order valence-electron chi connectivity index (χ3n) is 3.65. The molecule has 0 bridgehead atoms. The van der Waals surface area contributed by atoms with Gasteiger partial charge in [0, 0.05) is 16.6 Å². The smallest absolute Gasteiger partial charge is 0.281 e. The average Bonchev–Trinajstić information content (AvgIpc) is 2.50. The van der Waals surface area contributed by atoms with E-state index in [1.807, 2.05) is 13.0 Å². The number of halogens is 1. The van der Waals surface area contributed by atoms with Crippen LogP contribution in [0.4, 0.5) is 11.4 Å². The second-order valence-electron chi connectivity index (χ2n) is 5.69. The third kappa shape index (κ3) is 3.17. The van der Waals surface area contributed by atoms with E-state index in [1.54, 1.807) is 39.0 Å². The highest BCUT2D eigenvalue weighted by Gasteiger charge is 2.20. The summed E-state index contributed by atoms with van der Waals surface area (Å²) in [5, 5.41) is 28.0. The Morgan fingerprint density at radius 3 is 2.50 bits per heavy atom. The topological polar surface area (TPSA) is 90.7 Å². The van der Waals surface area contributed by atoms with Crippen molar-refractivity contribution in [2.24, 2.45) is 10.2 Å². The van der Waals surface area contributed by atoms with Gasteiger partial charge in [0.15, 0.2) is 5.69 Å². The van der Waals surface area contributed by atoms with Crippen LogP contribution >= 0.6 is 11.6 Å². The van der Waals surface area contributed by atoms with Crippen molar-refractivity contribution in [1.82, 2.24) is 4.57 Å². The zero-order chi connectivity index (χ0) is 18.0. The minimum absolute atomic E-state index is 0.0131. The molecule has 1 aromatic heterocycles. The summed E-state index contributed by atoms with van der Waals surface area (Å²) in [6.45, 7) is 6.89. The first kappa shape index (κ1) is 17.7. The Balaban J connectivity index is 2.64. The molecule has 2 aromatic rings. The molecule has 6 nitrogen and oxygen atoms in total. The van der Waals surface area contributed by atoms with Gasteiger partial charge in [0.1, 0.15) is 11.6 Å². The Bertz CT molecular complexity index is 924. The molecule has 1 aromatic carbocycles. The number of aryl methyl sites for hydroxylation is 1. The normalized spacial score (nSPS) is 11.2. The van der Waals surface area contributed by atoms with Crippen molar-refractivity contribution in [3.05, 3.63) is 50.3 Å². The molecule has 0 fully saturated rings. The first-order chi connectivity index (χ1) is 11.3. The van der Waals surface area contributed by atoms with Gasteiger partial charge in [-0.25, -0.2) is 0 Å². The summed E-state index contributed by atoms with van der Waals surface area (Å²) in [6.07, 6.45) is 0. The SMILES string of the molecule is Cc1ccc(N=Nc2c(C)c(C#N)c(O)n(C(C)C)c2=O)cc1Cl. The Kier molecular flexibility index (Phi) is 5.05. The van der Waals surface area contributed by atoms with Gasteiger partial charge in [-0.05, 0) is 45.4 Å². The first-order valence-corrected chi connectivity index (χ1v) is 7.71. The van der Waals surface area contributed by atoms with Gasteiger partial charge in [-0.2, -0.15) is 10.4 Å². The molecule has 1 heterocycles. The fourth-order valence-corrected chi connectivity index (χ4v) is 2.43. The maximum atomic E-state index is 12.6. The van der Waals surface area contributed by atoms with Gasteiger partial charge < -0.3 is 5.11 Å². The number of benzene rings is 1. The molecule has 0 atom stereocenters. The van der Waals surface area contributed by atoms with E-state index in [2.05, 4.69) is 10.2 Å². The van der Waals surface area contributed by atoms with Crippen LogP contribution in [0.3, 0.4) is 0 Å². The van der Waals surface area contributed by atoms with Crippen LogP contribution in [-0.2, 0) is 0 Å². The van der Waals surface area contributed by atoms with Crippen molar-refractivity contribution in [3.8, 4) is 11.9 Å². The lowest BCUT2D eigenvalue weighted by Gasteiger charge is -2.15. The molecule has 0 amide bonds. The van der Waals surface area contributed by atoms with E-state index in [-0.39, 0.29) is 23.2 Å². The Hall–Kier alpha value is -2.65. The Morgan fingerprint density at radius 1 is 1.29 bits per heavy atom. The van der Waals surface area contributed by atoms with E-state index in [0.717, 1.165) is 10.1 Å². The monoisotopic (exact) mass is 344 g/mol. The maximum Gasteiger partial charge on any atom is 0.281 e. The van der Waals surface area contributed by atoms with Crippen LogP contribution in [0.2, 0.25) is 5.02 Å². The molecule has 7 heteroatoms. The fourth-order valence-electron chi connectivity index (χ4n) is 2.26. The number of nitrogens with zero attached hydrogens (tertiary/aromatic N) is 4. The van der Waals surface area contributed by atoms with E-state index in [1.165, 1.54) is 0 Å². The zero-order valence-corrected chi connectivity index (χ0v) is 14.6. The standard InChI is InChI=1S/C17H17ClN4O2/c1-9(2)22-16(23)13(8-19)11(4)15(17(22)24)21-20-12-6-5-10(3)14(18)7-12/h5-7,9,23H,1-4H3. The van der Waals surface area contributed by atoms with Crippen LogP contribution < -0.4 is 5.56 Å². The van der Waals surface area contributed by atoms with Gasteiger partial charge in [-0.15, -0.1) is 5.11 Å². The molecule has 0 spiro atoms. The van der Waals surface area contributed by atoms with Crippen molar-refractivity contribution >= 4 is 23.0 Å². The van der Waals surface area contributed by atoms with Crippen LogP contribution in [0.15, 0.2) is 33.2 Å². The number of nitriles is 1. The molecule has 0 saturated carbocycles. The van der Waals surface area contributed by atoms with Crippen LogP contribution in [0.25, 0.3) is 0 Å². The first-order valence-electron chi connectivity index (χ1n) is 7.34. The summed E-state index contributed by atoms with van der Waals surface area (Å²) in [6, 6.07) is 6.75. The summed E-state index contributed by atoms with van der Waals surface area (Å²) in [5.74, 6) is -0.354. The number of hydrogen-bond donors (Lipinski definition) is 1. The van der Waals surface area contributed by atoms with E-state index >= 15 is 0 Å². The predicted octanol–water partition coefficient (Wildman–Crippen LogP) is 4.69. The van der Waals surface area contributed by atoms with Crippen molar-refractivity contribution in [3.63, 3.8) is 0 Å². The molecule has 0 aliphatic rings. The lowest BCUT2D eigenvalue weighted by Crippen LogP contribution is -2.23. The molecular formula is C17H17ClN4O2. The predicted molar refractivity (Wildman–Crippen MR) is 92.6 cm³/mol. The number of pyridine rings is 1. The zero-order valence-electron chi connectivity index (χ0n) is 13.8. The van der Waals surface area contributed by atoms with Gasteiger partial charge in [-0.1, -0.05) is 17.7 Å². The third-order valence-corrected chi connectivity index (χ3v) is 4.06. The van der Waals surface area contributed by atoms with Crippen LogP contribution in [0.1, 0.15) is 36.6 Å². The molecule has 2 rings (SSSR count). The fraction of sp³-hybridized carbons (Fsp3) is 0.294. The highest BCUT2D eigenvalue weighted by Crippen LogP contribution is 2.29. The minimum atomic E-state index is -0.499. The highest BCUT2D eigenvalue weighted by atomic mass is 35.5. The van der Waals surface area contributed by atoms with Crippen molar-refractivity contribution < 1.29 is 5.11 Å². The van der Waals surface area contributed by atoms with E-state index < -0.39 is 5.56 Å². The summed E-state index contributed by atoms with van der Waals surface area (Å²) in [7, 11) is 0. The number of aromatic nitrogens is 1. The Morgan fingerprint density at radius 2 is 1.96 bits per heavy atom. The minimum Gasteiger partial charge on any atom is -0.493 e. The van der Waals surface area contributed by atoms with Gasteiger partial charge in [0.05, 0.1) is 5.69 Å². The number of hydrogen-bond acceptors (Lipinski definition) is 5. The Labute approximate surface area is 144 Å². The molecule has 0 aliphatic carbocycles. The number of azo groups is 1. The molecule has 0 radical (unpaired) electrons. The van der Waals surface area contributed by atoms with Crippen LogP contribution in [-0.4, -0.2) is 9.67 Å². The summed E-state index contributed by atoms with van der Waals surface area (Å²) < 4.78 is 1.13. The molecule has 1 N–H and O–H groups in total. The molecule has 0 unspecified atom stereocenters. The molecule has 0 saturated heterocycles. The molecule has 124 valence electrons. The number of rotatable bonds is 3. The summed E-state index contributed by atoms with van der Waals surface area (Å²) in [5.41, 5.74) is 1.23. The summed E-state index contributed by atoms with van der Waals surface area (Å²) >= 11 is 6.05. The van der Waals surface area contributed by atoms with Crippen LogP contribution in [0, 0.1) is 25.2 Å². The maximum absolute atomic E-state index is 12.6. The van der Waals surface area contributed by atoms with Crippen molar-refractivity contribution in [1.29, 1.82) is 5.26 Å². The molecule has 0 aliphatic heterocycles. The van der Waals surface area contributed by atoms with Crippen molar-refractivity contribution in [2.75, 3.05) is 0 Å². The largest absolute Gasteiger partial charge is 0.493 e. The van der Waals surface area contributed by atoms with Crippen molar-refractivity contribution in [2.45, 2.75) is 33.7 Å².